The second-order valence-electron chi connectivity index (χ2n) is 6.46. The molecule has 1 aromatic carbocycles. The maximum atomic E-state index is 12.3. The molecule has 0 amide bonds. The van der Waals surface area contributed by atoms with Crippen molar-refractivity contribution in [1.82, 2.24) is 0 Å². The second kappa shape index (κ2) is 6.15. The lowest BCUT2D eigenvalue weighted by molar-refractivity contribution is -0.142. The number of aryl methyl sites for hydroxylation is 2. The molecule has 0 spiro atoms. The lowest BCUT2D eigenvalue weighted by Crippen LogP contribution is -2.38. The molecule has 1 aliphatic rings. The first-order valence-corrected chi connectivity index (χ1v) is 7.93. The summed E-state index contributed by atoms with van der Waals surface area (Å²) in [4.78, 5) is 36.5. The monoisotopic (exact) mass is 300 g/mol. The van der Waals surface area contributed by atoms with Crippen LogP contribution in [0.1, 0.15) is 59.9 Å². The number of rotatable bonds is 3. The number of benzene rings is 1. The molecule has 0 N–H and O–H groups in total. The SMILES string of the molecule is CCC(=O)C1C(=O)CC(c2c(C)cc(C)c(C)c2C)CC1=O. The molecule has 0 unspecified atom stereocenters. The highest BCUT2D eigenvalue weighted by molar-refractivity contribution is 6.20. The van der Waals surface area contributed by atoms with Crippen LogP contribution in [0.2, 0.25) is 0 Å². The normalized spacial score (nSPS) is 22.0. The van der Waals surface area contributed by atoms with Gasteiger partial charge in [0.25, 0.3) is 0 Å². The Hall–Kier alpha value is -1.77. The summed E-state index contributed by atoms with van der Waals surface area (Å²) < 4.78 is 0. The third-order valence-electron chi connectivity index (χ3n) is 5.03. The molecule has 2 rings (SSSR count). The van der Waals surface area contributed by atoms with Gasteiger partial charge in [-0.15, -0.1) is 0 Å². The van der Waals surface area contributed by atoms with E-state index < -0.39 is 5.92 Å². The minimum Gasteiger partial charge on any atom is -0.298 e. The number of ketones is 3. The summed E-state index contributed by atoms with van der Waals surface area (Å²) in [6.45, 7) is 9.94. The van der Waals surface area contributed by atoms with Gasteiger partial charge in [-0.3, -0.25) is 14.4 Å². The average Bonchev–Trinajstić information content (AvgIpc) is 2.44. The molecule has 118 valence electrons. The van der Waals surface area contributed by atoms with Gasteiger partial charge in [-0.05, 0) is 61.4 Å². The van der Waals surface area contributed by atoms with E-state index in [0.29, 0.717) is 12.8 Å². The first kappa shape index (κ1) is 16.6. The van der Waals surface area contributed by atoms with Gasteiger partial charge in [0.05, 0.1) is 0 Å². The predicted molar refractivity (Wildman–Crippen MR) is 86.2 cm³/mol. The van der Waals surface area contributed by atoms with Gasteiger partial charge in [-0.25, -0.2) is 0 Å². The Balaban J connectivity index is 2.38. The Morgan fingerprint density at radius 2 is 1.55 bits per heavy atom. The van der Waals surface area contributed by atoms with Crippen molar-refractivity contribution in [3.8, 4) is 0 Å². The number of carbonyl (C=O) groups is 3. The summed E-state index contributed by atoms with van der Waals surface area (Å²) in [5.74, 6) is -1.73. The van der Waals surface area contributed by atoms with E-state index in [2.05, 4.69) is 26.8 Å². The predicted octanol–water partition coefficient (Wildman–Crippen LogP) is 3.53. The topological polar surface area (TPSA) is 51.2 Å². The Labute approximate surface area is 132 Å². The molecule has 22 heavy (non-hydrogen) atoms. The van der Waals surface area contributed by atoms with E-state index in [4.69, 9.17) is 0 Å². The van der Waals surface area contributed by atoms with Crippen molar-refractivity contribution >= 4 is 17.3 Å². The van der Waals surface area contributed by atoms with Crippen LogP contribution >= 0.6 is 0 Å². The Kier molecular flexibility index (Phi) is 4.64. The molecular formula is C19H24O3. The standard InChI is InChI=1S/C19H24O3/c1-6-15(20)19-16(21)8-14(9-17(19)22)18-11(3)7-10(2)12(4)13(18)5/h7,14,19H,6,8-9H2,1-5H3. The van der Waals surface area contributed by atoms with E-state index in [1.165, 1.54) is 16.7 Å². The zero-order valence-electron chi connectivity index (χ0n) is 14.1. The Morgan fingerprint density at radius 1 is 1.00 bits per heavy atom. The van der Waals surface area contributed by atoms with Gasteiger partial charge in [-0.1, -0.05) is 13.0 Å². The molecule has 1 aromatic rings. The van der Waals surface area contributed by atoms with Gasteiger partial charge in [0, 0.05) is 19.3 Å². The molecule has 0 aliphatic heterocycles. The zero-order chi connectivity index (χ0) is 16.6. The van der Waals surface area contributed by atoms with Crippen molar-refractivity contribution in [2.24, 2.45) is 5.92 Å². The average molecular weight is 300 g/mol. The lowest BCUT2D eigenvalue weighted by Gasteiger charge is -2.29. The van der Waals surface area contributed by atoms with Crippen LogP contribution in [0.3, 0.4) is 0 Å². The van der Waals surface area contributed by atoms with Crippen LogP contribution in [0, 0.1) is 33.6 Å². The smallest absolute Gasteiger partial charge is 0.151 e. The van der Waals surface area contributed by atoms with Gasteiger partial charge in [0.1, 0.15) is 5.92 Å². The summed E-state index contributed by atoms with van der Waals surface area (Å²) in [7, 11) is 0. The summed E-state index contributed by atoms with van der Waals surface area (Å²) >= 11 is 0. The highest BCUT2D eigenvalue weighted by Gasteiger charge is 2.40. The van der Waals surface area contributed by atoms with Gasteiger partial charge in [-0.2, -0.15) is 0 Å². The minimum absolute atomic E-state index is 0.0831. The van der Waals surface area contributed by atoms with E-state index >= 15 is 0 Å². The summed E-state index contributed by atoms with van der Waals surface area (Å²) in [5, 5.41) is 0. The molecule has 1 fully saturated rings. The van der Waals surface area contributed by atoms with Gasteiger partial charge < -0.3 is 0 Å². The molecular weight excluding hydrogens is 276 g/mol. The largest absolute Gasteiger partial charge is 0.298 e. The highest BCUT2D eigenvalue weighted by Crippen LogP contribution is 2.37. The van der Waals surface area contributed by atoms with E-state index in [1.54, 1.807) is 6.92 Å². The van der Waals surface area contributed by atoms with Crippen molar-refractivity contribution in [3.05, 3.63) is 33.9 Å². The second-order valence-corrected chi connectivity index (χ2v) is 6.46. The first-order chi connectivity index (χ1) is 10.3. The summed E-state index contributed by atoms with van der Waals surface area (Å²) in [6, 6.07) is 2.12. The fourth-order valence-corrected chi connectivity index (χ4v) is 3.67. The third-order valence-corrected chi connectivity index (χ3v) is 5.03. The number of hydrogen-bond donors (Lipinski definition) is 0. The molecule has 3 nitrogen and oxygen atoms in total. The van der Waals surface area contributed by atoms with Crippen molar-refractivity contribution in [2.75, 3.05) is 0 Å². The molecule has 0 bridgehead atoms. The Morgan fingerprint density at radius 3 is 2.05 bits per heavy atom. The van der Waals surface area contributed by atoms with Crippen molar-refractivity contribution in [2.45, 2.75) is 59.8 Å². The van der Waals surface area contributed by atoms with Crippen LogP contribution in [0.4, 0.5) is 0 Å². The van der Waals surface area contributed by atoms with Crippen molar-refractivity contribution in [3.63, 3.8) is 0 Å². The molecule has 0 heterocycles. The molecule has 0 saturated heterocycles. The van der Waals surface area contributed by atoms with Crippen molar-refractivity contribution in [1.29, 1.82) is 0 Å². The maximum absolute atomic E-state index is 12.3. The van der Waals surface area contributed by atoms with Gasteiger partial charge in [0.2, 0.25) is 0 Å². The van der Waals surface area contributed by atoms with Crippen LogP contribution in [-0.2, 0) is 14.4 Å². The lowest BCUT2D eigenvalue weighted by atomic mass is 9.72. The minimum atomic E-state index is -1.01. The molecule has 1 aliphatic carbocycles. The number of carbonyl (C=O) groups excluding carboxylic acids is 3. The van der Waals surface area contributed by atoms with Crippen LogP contribution in [0.25, 0.3) is 0 Å². The summed E-state index contributed by atoms with van der Waals surface area (Å²) in [5.41, 5.74) is 5.86. The maximum Gasteiger partial charge on any atom is 0.151 e. The van der Waals surface area contributed by atoms with Crippen LogP contribution in [-0.4, -0.2) is 17.3 Å². The molecule has 0 radical (unpaired) electrons. The first-order valence-electron chi connectivity index (χ1n) is 7.93. The fraction of sp³-hybridized carbons (Fsp3) is 0.526. The molecule has 1 saturated carbocycles. The van der Waals surface area contributed by atoms with E-state index in [-0.39, 0.29) is 29.7 Å². The molecule has 0 aromatic heterocycles. The quantitative estimate of drug-likeness (QED) is 0.802. The number of Topliss-reactive ketones (excluding diaryl/α,β-unsaturated/α-hetero) is 3. The van der Waals surface area contributed by atoms with Crippen LogP contribution in [0.15, 0.2) is 6.07 Å². The number of hydrogen-bond acceptors (Lipinski definition) is 3. The molecule has 3 heteroatoms. The highest BCUT2D eigenvalue weighted by atomic mass is 16.2. The zero-order valence-corrected chi connectivity index (χ0v) is 14.1. The van der Waals surface area contributed by atoms with Gasteiger partial charge >= 0.3 is 0 Å². The van der Waals surface area contributed by atoms with Crippen LogP contribution in [0.5, 0.6) is 0 Å². The van der Waals surface area contributed by atoms with Crippen molar-refractivity contribution < 1.29 is 14.4 Å². The summed E-state index contributed by atoms with van der Waals surface area (Å²) in [6.07, 6.45) is 0.840. The third kappa shape index (κ3) is 2.77. The van der Waals surface area contributed by atoms with E-state index in [1.807, 2.05) is 6.92 Å². The van der Waals surface area contributed by atoms with Gasteiger partial charge in [0.15, 0.2) is 17.3 Å². The van der Waals surface area contributed by atoms with E-state index in [0.717, 1.165) is 11.1 Å². The molecule has 0 atom stereocenters. The Bertz CT molecular complexity index is 637. The van der Waals surface area contributed by atoms with E-state index in [9.17, 15) is 14.4 Å². The fourth-order valence-electron chi connectivity index (χ4n) is 3.67. The van der Waals surface area contributed by atoms with Crippen LogP contribution < -0.4 is 0 Å².